The first-order valence-corrected chi connectivity index (χ1v) is 5.45. The Labute approximate surface area is 105 Å². The summed E-state index contributed by atoms with van der Waals surface area (Å²) in [5.41, 5.74) is 3.19. The van der Waals surface area contributed by atoms with Crippen molar-refractivity contribution in [2.45, 2.75) is 13.8 Å². The van der Waals surface area contributed by atoms with Crippen LogP contribution in [0.4, 0.5) is 11.4 Å². The lowest BCUT2D eigenvalue weighted by Gasteiger charge is -2.11. The highest BCUT2D eigenvalue weighted by Gasteiger charge is 2.11. The number of carbonyl (C=O) groups is 1. The lowest BCUT2D eigenvalue weighted by Crippen LogP contribution is -2.05. The van der Waals surface area contributed by atoms with E-state index in [0.717, 1.165) is 16.9 Å². The van der Waals surface area contributed by atoms with Crippen molar-refractivity contribution in [1.82, 2.24) is 9.97 Å². The molecule has 0 unspecified atom stereocenters. The van der Waals surface area contributed by atoms with Gasteiger partial charge in [0.25, 0.3) is 0 Å². The molecule has 5 heteroatoms. The fraction of sp³-hybridized carbons (Fsp3) is 0.154. The maximum atomic E-state index is 11.1. The van der Waals surface area contributed by atoms with Crippen LogP contribution in [-0.2, 0) is 0 Å². The zero-order chi connectivity index (χ0) is 13.1. The van der Waals surface area contributed by atoms with Gasteiger partial charge in [-0.25, -0.2) is 4.79 Å². The first kappa shape index (κ1) is 12.0. The topological polar surface area (TPSA) is 75.1 Å². The molecule has 0 bridgehead atoms. The zero-order valence-electron chi connectivity index (χ0n) is 10.1. The molecule has 18 heavy (non-hydrogen) atoms. The highest BCUT2D eigenvalue weighted by Crippen LogP contribution is 2.22. The zero-order valence-corrected chi connectivity index (χ0v) is 10.1. The molecule has 0 aliphatic rings. The highest BCUT2D eigenvalue weighted by molar-refractivity contribution is 5.94. The molecule has 0 fully saturated rings. The molecule has 0 saturated heterocycles. The van der Waals surface area contributed by atoms with Crippen LogP contribution in [0.15, 0.2) is 30.7 Å². The van der Waals surface area contributed by atoms with Crippen molar-refractivity contribution >= 4 is 17.3 Å². The molecule has 0 spiro atoms. The van der Waals surface area contributed by atoms with Gasteiger partial charge in [0.1, 0.15) is 5.56 Å². The Morgan fingerprint density at radius 3 is 2.72 bits per heavy atom. The van der Waals surface area contributed by atoms with Crippen LogP contribution in [0.25, 0.3) is 0 Å². The van der Waals surface area contributed by atoms with Crippen LogP contribution in [-0.4, -0.2) is 21.0 Å². The average molecular weight is 243 g/mol. The minimum absolute atomic E-state index is 0.142. The average Bonchev–Trinajstić information content (AvgIpc) is 2.32. The van der Waals surface area contributed by atoms with E-state index in [-0.39, 0.29) is 5.56 Å². The number of pyridine rings is 2. The van der Waals surface area contributed by atoms with E-state index in [1.165, 1.54) is 6.20 Å². The molecule has 92 valence electrons. The van der Waals surface area contributed by atoms with Gasteiger partial charge < -0.3 is 10.4 Å². The summed E-state index contributed by atoms with van der Waals surface area (Å²) in [7, 11) is 0. The Morgan fingerprint density at radius 1 is 1.28 bits per heavy atom. The molecule has 0 radical (unpaired) electrons. The van der Waals surface area contributed by atoms with Crippen molar-refractivity contribution in [1.29, 1.82) is 0 Å². The van der Waals surface area contributed by atoms with Gasteiger partial charge in [0.05, 0.1) is 17.6 Å². The summed E-state index contributed by atoms with van der Waals surface area (Å²) in [6, 6.07) is 3.56. The number of aromatic nitrogens is 2. The highest BCUT2D eigenvalue weighted by atomic mass is 16.4. The van der Waals surface area contributed by atoms with Crippen LogP contribution < -0.4 is 5.32 Å². The fourth-order valence-corrected chi connectivity index (χ4v) is 1.57. The smallest absolute Gasteiger partial charge is 0.339 e. The van der Waals surface area contributed by atoms with Crippen molar-refractivity contribution in [3.8, 4) is 0 Å². The predicted octanol–water partition coefficient (Wildman–Crippen LogP) is 2.54. The number of nitrogens with zero attached hydrogens (tertiary/aromatic N) is 2. The minimum Gasteiger partial charge on any atom is -0.478 e. The third-order valence-corrected chi connectivity index (χ3v) is 2.58. The number of hydrogen-bond donors (Lipinski definition) is 2. The molecule has 5 nitrogen and oxygen atoms in total. The van der Waals surface area contributed by atoms with Crippen LogP contribution in [0, 0.1) is 13.8 Å². The summed E-state index contributed by atoms with van der Waals surface area (Å²) in [5, 5.41) is 12.2. The van der Waals surface area contributed by atoms with Gasteiger partial charge in [-0.15, -0.1) is 0 Å². The van der Waals surface area contributed by atoms with E-state index in [4.69, 9.17) is 5.11 Å². The lowest BCUT2D eigenvalue weighted by atomic mass is 10.2. The van der Waals surface area contributed by atoms with E-state index in [9.17, 15) is 4.79 Å². The SMILES string of the molecule is Cc1cc(Nc2cnccc2C)c(C(=O)O)cn1. The number of carboxylic acids is 1. The summed E-state index contributed by atoms with van der Waals surface area (Å²) in [5.74, 6) is -1.01. The second-order valence-corrected chi connectivity index (χ2v) is 3.99. The van der Waals surface area contributed by atoms with Gasteiger partial charge in [-0.1, -0.05) is 0 Å². The molecule has 0 aromatic carbocycles. The van der Waals surface area contributed by atoms with Crippen molar-refractivity contribution in [2.24, 2.45) is 0 Å². The largest absolute Gasteiger partial charge is 0.478 e. The van der Waals surface area contributed by atoms with E-state index in [0.29, 0.717) is 5.69 Å². The molecule has 2 heterocycles. The monoisotopic (exact) mass is 243 g/mol. The maximum absolute atomic E-state index is 11.1. The van der Waals surface area contributed by atoms with Crippen LogP contribution in [0.3, 0.4) is 0 Å². The second kappa shape index (κ2) is 4.83. The molecule has 0 aliphatic carbocycles. The Hall–Kier alpha value is -2.43. The molecule has 0 saturated carbocycles. The number of anilines is 2. The third-order valence-electron chi connectivity index (χ3n) is 2.58. The quantitative estimate of drug-likeness (QED) is 0.866. The van der Waals surface area contributed by atoms with Crippen LogP contribution in [0.1, 0.15) is 21.6 Å². The van der Waals surface area contributed by atoms with Gasteiger partial charge >= 0.3 is 5.97 Å². The summed E-state index contributed by atoms with van der Waals surface area (Å²) in [6.45, 7) is 3.74. The molecule has 0 aliphatic heterocycles. The van der Waals surface area contributed by atoms with Crippen molar-refractivity contribution in [2.75, 3.05) is 5.32 Å². The van der Waals surface area contributed by atoms with Crippen molar-refractivity contribution in [3.05, 3.63) is 47.5 Å². The fourth-order valence-electron chi connectivity index (χ4n) is 1.57. The summed E-state index contributed by atoms with van der Waals surface area (Å²) < 4.78 is 0. The van der Waals surface area contributed by atoms with E-state index in [2.05, 4.69) is 15.3 Å². The normalized spacial score (nSPS) is 10.1. The van der Waals surface area contributed by atoms with Gasteiger partial charge in [0, 0.05) is 18.1 Å². The van der Waals surface area contributed by atoms with Crippen LogP contribution >= 0.6 is 0 Å². The molecular weight excluding hydrogens is 230 g/mol. The third kappa shape index (κ3) is 2.45. The number of hydrogen-bond acceptors (Lipinski definition) is 4. The summed E-state index contributed by atoms with van der Waals surface area (Å²) in [4.78, 5) is 19.1. The Balaban J connectivity index is 2.42. The van der Waals surface area contributed by atoms with Gasteiger partial charge in [-0.05, 0) is 31.5 Å². The molecule has 0 atom stereocenters. The van der Waals surface area contributed by atoms with E-state index in [1.807, 2.05) is 19.9 Å². The molecule has 0 amide bonds. The van der Waals surface area contributed by atoms with Crippen LogP contribution in [0.2, 0.25) is 0 Å². The number of aromatic carboxylic acids is 1. The Kier molecular flexibility index (Phi) is 3.23. The summed E-state index contributed by atoms with van der Waals surface area (Å²) in [6.07, 6.45) is 4.71. The first-order valence-electron chi connectivity index (χ1n) is 5.45. The van der Waals surface area contributed by atoms with E-state index < -0.39 is 5.97 Å². The number of nitrogens with one attached hydrogen (secondary N) is 1. The molecule has 2 aromatic rings. The predicted molar refractivity (Wildman–Crippen MR) is 68.2 cm³/mol. The summed E-state index contributed by atoms with van der Waals surface area (Å²) >= 11 is 0. The Bertz CT molecular complexity index is 597. The minimum atomic E-state index is -1.01. The number of carboxylic acid groups (broad SMARTS) is 1. The molecular formula is C13H13N3O2. The number of aryl methyl sites for hydroxylation is 2. The van der Waals surface area contributed by atoms with E-state index >= 15 is 0 Å². The lowest BCUT2D eigenvalue weighted by molar-refractivity contribution is 0.0697. The maximum Gasteiger partial charge on any atom is 0.339 e. The Morgan fingerprint density at radius 2 is 2.06 bits per heavy atom. The van der Waals surface area contributed by atoms with Crippen molar-refractivity contribution in [3.63, 3.8) is 0 Å². The molecule has 2 aromatic heterocycles. The molecule has 2 N–H and O–H groups in total. The van der Waals surface area contributed by atoms with Gasteiger partial charge in [-0.3, -0.25) is 9.97 Å². The van der Waals surface area contributed by atoms with Gasteiger partial charge in [0.2, 0.25) is 0 Å². The molecule has 2 rings (SSSR count). The standard InChI is InChI=1S/C13H13N3O2/c1-8-3-4-14-7-12(8)16-11-5-9(2)15-6-10(11)13(17)18/h3-7H,1-2H3,(H,15,16)(H,17,18). The first-order chi connectivity index (χ1) is 8.58. The van der Waals surface area contributed by atoms with Gasteiger partial charge in [0.15, 0.2) is 0 Å². The van der Waals surface area contributed by atoms with Crippen molar-refractivity contribution < 1.29 is 9.90 Å². The second-order valence-electron chi connectivity index (χ2n) is 3.99. The van der Waals surface area contributed by atoms with Gasteiger partial charge in [-0.2, -0.15) is 0 Å². The number of rotatable bonds is 3. The van der Waals surface area contributed by atoms with E-state index in [1.54, 1.807) is 18.5 Å². The van der Waals surface area contributed by atoms with Crippen LogP contribution in [0.5, 0.6) is 0 Å².